The van der Waals surface area contributed by atoms with Crippen LogP contribution in [-0.4, -0.2) is 61.4 Å². The highest BCUT2D eigenvalue weighted by molar-refractivity contribution is 7.92. The van der Waals surface area contributed by atoms with Gasteiger partial charge in [0.25, 0.3) is 5.91 Å². The normalized spacial score (nSPS) is 13.3. The molecule has 1 aliphatic heterocycles. The quantitative estimate of drug-likeness (QED) is 0.298. The first-order valence-corrected chi connectivity index (χ1v) is 13.6. The number of nitrogens with zero attached hydrogens (tertiary/aromatic N) is 1. The number of ether oxygens (including phenoxy) is 4. The van der Waals surface area contributed by atoms with E-state index < -0.39 is 10.0 Å². The summed E-state index contributed by atoms with van der Waals surface area (Å²) < 4.78 is 48.0. The summed E-state index contributed by atoms with van der Waals surface area (Å²) in [6, 6.07) is 18.6. The second-order valence-corrected chi connectivity index (χ2v) is 10.2. The van der Waals surface area contributed by atoms with Crippen molar-refractivity contribution in [2.24, 2.45) is 0 Å². The van der Waals surface area contributed by atoms with Gasteiger partial charge in [0.2, 0.25) is 10.0 Å². The first-order valence-electron chi connectivity index (χ1n) is 11.7. The van der Waals surface area contributed by atoms with Crippen LogP contribution in [0.3, 0.4) is 0 Å². The van der Waals surface area contributed by atoms with E-state index in [4.69, 9.17) is 18.9 Å². The van der Waals surface area contributed by atoms with Crippen LogP contribution in [0.25, 0.3) is 11.1 Å². The van der Waals surface area contributed by atoms with Crippen molar-refractivity contribution >= 4 is 27.3 Å². The average Bonchev–Trinajstić information content (AvgIpc) is 2.88. The number of carbonyl (C=O) groups excluding carboxylic acids is 1. The van der Waals surface area contributed by atoms with Crippen LogP contribution in [0.1, 0.15) is 15.9 Å². The monoisotopic (exact) mass is 526 g/mol. The summed E-state index contributed by atoms with van der Waals surface area (Å²) in [7, 11) is -0.451. The fraction of sp³-hybridized carbons (Fsp3) is 0.296. The maximum absolute atomic E-state index is 13.6. The Labute approximate surface area is 217 Å². The first kappa shape index (κ1) is 26.5. The Hall–Kier alpha value is -3.60. The van der Waals surface area contributed by atoms with E-state index in [2.05, 4.69) is 4.72 Å². The van der Waals surface area contributed by atoms with Gasteiger partial charge < -0.3 is 23.8 Å². The molecule has 0 saturated carbocycles. The van der Waals surface area contributed by atoms with Crippen molar-refractivity contribution in [3.8, 4) is 22.6 Å². The van der Waals surface area contributed by atoms with Crippen molar-refractivity contribution in [1.82, 2.24) is 0 Å². The Kier molecular flexibility index (Phi) is 8.32. The standard InChI is InChI=1S/C27H30N2O7S/c1-33-13-14-35-18-36-25-10-9-21(16-24(25)28-37(3,31)32)29-12-11-20-15-22(19-7-5-4-6-8-19)26(34-2)17-23(20)27(29)30/h4-10,15-17,28H,11-14,18H2,1-3H3. The summed E-state index contributed by atoms with van der Waals surface area (Å²) in [6.07, 6.45) is 1.68. The average molecular weight is 527 g/mol. The second kappa shape index (κ2) is 11.6. The number of hydrogen-bond acceptors (Lipinski definition) is 7. The van der Waals surface area contributed by atoms with Crippen LogP contribution in [0.4, 0.5) is 11.4 Å². The number of benzene rings is 3. The fourth-order valence-corrected chi connectivity index (χ4v) is 4.72. The van der Waals surface area contributed by atoms with Crippen LogP contribution in [0, 0.1) is 0 Å². The molecular formula is C27H30N2O7S. The Morgan fingerprint density at radius 1 is 0.946 bits per heavy atom. The molecule has 0 fully saturated rings. The molecule has 0 atom stereocenters. The zero-order chi connectivity index (χ0) is 26.4. The SMILES string of the molecule is COCCOCOc1ccc(N2CCc3cc(-c4ccccc4)c(OC)cc3C2=O)cc1NS(C)(=O)=O. The largest absolute Gasteiger partial charge is 0.496 e. The molecule has 196 valence electrons. The minimum atomic E-state index is -3.60. The van der Waals surface area contributed by atoms with Crippen molar-refractivity contribution < 1.29 is 32.2 Å². The van der Waals surface area contributed by atoms with Crippen molar-refractivity contribution in [2.75, 3.05) is 56.6 Å². The highest BCUT2D eigenvalue weighted by Crippen LogP contribution is 2.37. The van der Waals surface area contributed by atoms with Gasteiger partial charge in [0, 0.05) is 30.5 Å². The van der Waals surface area contributed by atoms with Crippen LogP contribution in [0.15, 0.2) is 60.7 Å². The van der Waals surface area contributed by atoms with Crippen LogP contribution >= 0.6 is 0 Å². The molecule has 10 heteroatoms. The highest BCUT2D eigenvalue weighted by atomic mass is 32.2. The molecule has 37 heavy (non-hydrogen) atoms. The smallest absolute Gasteiger partial charge is 0.258 e. The molecule has 1 amide bonds. The van der Waals surface area contributed by atoms with Gasteiger partial charge in [-0.15, -0.1) is 0 Å². The predicted octanol–water partition coefficient (Wildman–Crippen LogP) is 3.94. The molecule has 1 aliphatic rings. The molecule has 0 aliphatic carbocycles. The van der Waals surface area contributed by atoms with Gasteiger partial charge in [-0.3, -0.25) is 9.52 Å². The molecule has 9 nitrogen and oxygen atoms in total. The maximum Gasteiger partial charge on any atom is 0.258 e. The summed E-state index contributed by atoms with van der Waals surface area (Å²) in [5.41, 5.74) is 4.18. The van der Waals surface area contributed by atoms with E-state index in [-0.39, 0.29) is 24.1 Å². The molecule has 1 heterocycles. The van der Waals surface area contributed by atoms with E-state index in [1.165, 1.54) is 0 Å². The van der Waals surface area contributed by atoms with Crippen LogP contribution in [0.2, 0.25) is 0 Å². The number of sulfonamides is 1. The van der Waals surface area contributed by atoms with Crippen LogP contribution in [-0.2, 0) is 25.9 Å². The first-order chi connectivity index (χ1) is 17.8. The van der Waals surface area contributed by atoms with Crippen molar-refractivity contribution in [3.05, 3.63) is 71.8 Å². The number of methoxy groups -OCH3 is 2. The molecule has 0 radical (unpaired) electrons. The van der Waals surface area contributed by atoms with Crippen molar-refractivity contribution in [3.63, 3.8) is 0 Å². The minimum absolute atomic E-state index is 0.0826. The molecule has 3 aromatic rings. The lowest BCUT2D eigenvalue weighted by molar-refractivity contribution is -0.00813. The van der Waals surface area contributed by atoms with E-state index >= 15 is 0 Å². The topological polar surface area (TPSA) is 103 Å². The summed E-state index contributed by atoms with van der Waals surface area (Å²) in [5.74, 6) is 0.698. The molecule has 0 saturated heterocycles. The number of fused-ring (bicyclic) bond motifs is 1. The van der Waals surface area contributed by atoms with Gasteiger partial charge in [-0.25, -0.2) is 8.42 Å². The molecule has 4 rings (SSSR count). The van der Waals surface area contributed by atoms with E-state index in [1.54, 1.807) is 43.4 Å². The molecule has 0 unspecified atom stereocenters. The van der Waals surface area contributed by atoms with E-state index in [1.807, 2.05) is 36.4 Å². The molecular weight excluding hydrogens is 496 g/mol. The predicted molar refractivity (Wildman–Crippen MR) is 142 cm³/mol. The number of anilines is 2. The Balaban J connectivity index is 1.62. The van der Waals surface area contributed by atoms with Crippen LogP contribution in [0.5, 0.6) is 11.5 Å². The summed E-state index contributed by atoms with van der Waals surface area (Å²) >= 11 is 0. The lowest BCUT2D eigenvalue weighted by Crippen LogP contribution is -2.37. The lowest BCUT2D eigenvalue weighted by Gasteiger charge is -2.30. The van der Waals surface area contributed by atoms with E-state index in [0.717, 1.165) is 22.9 Å². The fourth-order valence-electron chi connectivity index (χ4n) is 4.17. The molecule has 3 aromatic carbocycles. The third-order valence-electron chi connectivity index (χ3n) is 5.89. The van der Waals surface area contributed by atoms with E-state index in [0.29, 0.717) is 43.2 Å². The van der Waals surface area contributed by atoms with Gasteiger partial charge in [0.05, 0.1) is 32.3 Å². The van der Waals surface area contributed by atoms with Gasteiger partial charge in [-0.2, -0.15) is 0 Å². The molecule has 0 aromatic heterocycles. The second-order valence-electron chi connectivity index (χ2n) is 8.50. The van der Waals surface area contributed by atoms with Crippen molar-refractivity contribution in [2.45, 2.75) is 6.42 Å². The number of nitrogens with one attached hydrogen (secondary N) is 1. The van der Waals surface area contributed by atoms with E-state index in [9.17, 15) is 13.2 Å². The third-order valence-corrected chi connectivity index (χ3v) is 6.48. The maximum atomic E-state index is 13.6. The number of hydrogen-bond donors (Lipinski definition) is 1. The molecule has 0 spiro atoms. The third kappa shape index (κ3) is 6.40. The zero-order valence-electron chi connectivity index (χ0n) is 21.0. The van der Waals surface area contributed by atoms with Gasteiger partial charge in [0.1, 0.15) is 11.5 Å². The number of carbonyl (C=O) groups is 1. The van der Waals surface area contributed by atoms with Gasteiger partial charge >= 0.3 is 0 Å². The van der Waals surface area contributed by atoms with Gasteiger partial charge in [-0.1, -0.05) is 30.3 Å². The Morgan fingerprint density at radius 2 is 1.73 bits per heavy atom. The Bertz CT molecular complexity index is 1360. The zero-order valence-corrected chi connectivity index (χ0v) is 21.8. The lowest BCUT2D eigenvalue weighted by atomic mass is 9.93. The minimum Gasteiger partial charge on any atom is -0.496 e. The molecule has 1 N–H and O–H groups in total. The Morgan fingerprint density at radius 3 is 2.43 bits per heavy atom. The van der Waals surface area contributed by atoms with Gasteiger partial charge in [-0.05, 0) is 47.9 Å². The van der Waals surface area contributed by atoms with Crippen LogP contribution < -0.4 is 19.1 Å². The summed E-state index contributed by atoms with van der Waals surface area (Å²) in [6.45, 7) is 1.10. The molecule has 0 bridgehead atoms. The summed E-state index contributed by atoms with van der Waals surface area (Å²) in [4.78, 5) is 15.2. The highest BCUT2D eigenvalue weighted by Gasteiger charge is 2.28. The number of amides is 1. The van der Waals surface area contributed by atoms with Crippen molar-refractivity contribution in [1.29, 1.82) is 0 Å². The number of rotatable bonds is 11. The summed E-state index contributed by atoms with van der Waals surface area (Å²) in [5, 5.41) is 0. The van der Waals surface area contributed by atoms with Gasteiger partial charge in [0.15, 0.2) is 6.79 Å².